The number of rotatable bonds is 3. The zero-order valence-electron chi connectivity index (χ0n) is 13.7. The molecular formula is C19H13FN6. The number of aliphatic imine (C=N–C) groups is 1. The van der Waals surface area contributed by atoms with Gasteiger partial charge in [0.1, 0.15) is 11.5 Å². The topological polar surface area (TPSA) is 68.8 Å². The number of nitrogens with zero attached hydrogens (tertiary/aromatic N) is 6. The van der Waals surface area contributed by atoms with Crippen LogP contribution in [0.1, 0.15) is 11.1 Å². The molecule has 126 valence electrons. The number of benzene rings is 1. The number of aromatic nitrogens is 5. The molecule has 0 radical (unpaired) electrons. The second-order valence-corrected chi connectivity index (χ2v) is 6.03. The summed E-state index contributed by atoms with van der Waals surface area (Å²) in [5, 5.41) is 5.46. The van der Waals surface area contributed by atoms with Crippen molar-refractivity contribution in [2.45, 2.75) is 13.0 Å². The van der Waals surface area contributed by atoms with Gasteiger partial charge < -0.3 is 0 Å². The first-order valence-corrected chi connectivity index (χ1v) is 8.23. The van der Waals surface area contributed by atoms with Crippen molar-refractivity contribution in [2.24, 2.45) is 4.99 Å². The zero-order chi connectivity index (χ0) is 17.5. The molecule has 1 aliphatic rings. The molecule has 0 N–H and O–H groups in total. The van der Waals surface area contributed by atoms with Crippen molar-refractivity contribution in [1.82, 2.24) is 24.7 Å². The Hall–Kier alpha value is -3.48. The lowest BCUT2D eigenvalue weighted by Gasteiger charge is -2.04. The lowest BCUT2D eigenvalue weighted by Crippen LogP contribution is -2.04. The molecule has 0 bridgehead atoms. The SMILES string of the molecule is Fc1ccccc1Cn1nc(-c2ncc3c(n2)N=CC3)c2cccnc21. The van der Waals surface area contributed by atoms with Gasteiger partial charge in [-0.15, -0.1) is 0 Å². The minimum Gasteiger partial charge on any atom is -0.242 e. The fourth-order valence-electron chi connectivity index (χ4n) is 3.07. The van der Waals surface area contributed by atoms with Gasteiger partial charge in [0.25, 0.3) is 0 Å². The van der Waals surface area contributed by atoms with Crippen LogP contribution in [0.2, 0.25) is 0 Å². The maximum Gasteiger partial charge on any atom is 0.182 e. The Labute approximate surface area is 148 Å². The smallest absolute Gasteiger partial charge is 0.182 e. The highest BCUT2D eigenvalue weighted by Gasteiger charge is 2.18. The number of pyridine rings is 1. The third-order valence-electron chi connectivity index (χ3n) is 4.36. The standard InChI is InChI=1S/C19H13FN6/c20-15-6-2-1-4-13(15)11-26-19-14(5-3-8-22-19)16(25-26)18-23-10-12-7-9-21-17(12)24-18/h1-6,8-10H,7,11H2. The van der Waals surface area contributed by atoms with Gasteiger partial charge in [-0.3, -0.25) is 0 Å². The predicted octanol–water partition coefficient (Wildman–Crippen LogP) is 3.33. The molecule has 0 saturated heterocycles. The van der Waals surface area contributed by atoms with E-state index in [-0.39, 0.29) is 12.4 Å². The van der Waals surface area contributed by atoms with Gasteiger partial charge in [0, 0.05) is 36.2 Å². The van der Waals surface area contributed by atoms with Gasteiger partial charge in [-0.05, 0) is 18.2 Å². The van der Waals surface area contributed by atoms with E-state index in [2.05, 4.69) is 25.0 Å². The molecule has 0 unspecified atom stereocenters. The molecule has 3 aromatic heterocycles. The Kier molecular flexibility index (Phi) is 3.31. The molecule has 1 aromatic carbocycles. The molecule has 0 saturated carbocycles. The van der Waals surface area contributed by atoms with Crippen LogP contribution >= 0.6 is 0 Å². The van der Waals surface area contributed by atoms with Gasteiger partial charge in [0.15, 0.2) is 17.3 Å². The molecule has 1 aliphatic heterocycles. The van der Waals surface area contributed by atoms with Crippen LogP contribution in [0, 0.1) is 5.82 Å². The molecule has 4 aromatic rings. The first-order chi connectivity index (χ1) is 12.8. The van der Waals surface area contributed by atoms with Crippen LogP contribution < -0.4 is 0 Å². The van der Waals surface area contributed by atoms with E-state index in [0.29, 0.717) is 28.5 Å². The lowest BCUT2D eigenvalue weighted by molar-refractivity contribution is 0.589. The van der Waals surface area contributed by atoms with Crippen LogP contribution in [0.3, 0.4) is 0 Å². The van der Waals surface area contributed by atoms with Crippen LogP contribution in [-0.4, -0.2) is 30.9 Å². The van der Waals surface area contributed by atoms with Crippen molar-refractivity contribution in [3.8, 4) is 11.5 Å². The highest BCUT2D eigenvalue weighted by atomic mass is 19.1. The Balaban J connectivity index is 1.65. The predicted molar refractivity (Wildman–Crippen MR) is 95.9 cm³/mol. The van der Waals surface area contributed by atoms with E-state index in [9.17, 15) is 4.39 Å². The summed E-state index contributed by atoms with van der Waals surface area (Å²) in [4.78, 5) is 17.7. The summed E-state index contributed by atoms with van der Waals surface area (Å²) in [7, 11) is 0. The van der Waals surface area contributed by atoms with Gasteiger partial charge in [0.2, 0.25) is 0 Å². The first kappa shape index (κ1) is 14.8. The van der Waals surface area contributed by atoms with E-state index in [1.165, 1.54) is 6.07 Å². The highest BCUT2D eigenvalue weighted by molar-refractivity contribution is 5.89. The summed E-state index contributed by atoms with van der Waals surface area (Å²) < 4.78 is 15.7. The molecule has 26 heavy (non-hydrogen) atoms. The molecule has 0 aliphatic carbocycles. The van der Waals surface area contributed by atoms with Gasteiger partial charge in [-0.1, -0.05) is 18.2 Å². The van der Waals surface area contributed by atoms with Gasteiger partial charge in [-0.2, -0.15) is 5.10 Å². The van der Waals surface area contributed by atoms with E-state index in [1.807, 2.05) is 18.3 Å². The largest absolute Gasteiger partial charge is 0.242 e. The van der Waals surface area contributed by atoms with E-state index >= 15 is 0 Å². The monoisotopic (exact) mass is 344 g/mol. The maximum absolute atomic E-state index is 14.1. The first-order valence-electron chi connectivity index (χ1n) is 8.23. The van der Waals surface area contributed by atoms with Crippen LogP contribution in [0.5, 0.6) is 0 Å². The fourth-order valence-corrected chi connectivity index (χ4v) is 3.07. The zero-order valence-corrected chi connectivity index (χ0v) is 13.7. The summed E-state index contributed by atoms with van der Waals surface area (Å²) in [6.07, 6.45) is 6.04. The molecule has 0 atom stereocenters. The second kappa shape index (κ2) is 5.80. The van der Waals surface area contributed by atoms with Crippen LogP contribution in [0.25, 0.3) is 22.6 Å². The molecule has 0 spiro atoms. The average Bonchev–Trinajstić information content (AvgIpc) is 3.28. The van der Waals surface area contributed by atoms with Gasteiger partial charge in [-0.25, -0.2) is 29.0 Å². The van der Waals surface area contributed by atoms with E-state index in [0.717, 1.165) is 17.4 Å². The summed E-state index contributed by atoms with van der Waals surface area (Å²) in [6.45, 7) is 0.281. The second-order valence-electron chi connectivity index (χ2n) is 6.03. The van der Waals surface area contributed by atoms with Crippen LogP contribution in [-0.2, 0) is 13.0 Å². The van der Waals surface area contributed by atoms with Crippen molar-refractivity contribution in [3.63, 3.8) is 0 Å². The molecule has 4 heterocycles. The highest BCUT2D eigenvalue weighted by Crippen LogP contribution is 2.28. The maximum atomic E-state index is 14.1. The van der Waals surface area contributed by atoms with E-state index in [4.69, 9.17) is 0 Å². The quantitative estimate of drug-likeness (QED) is 0.572. The van der Waals surface area contributed by atoms with E-state index in [1.54, 1.807) is 35.3 Å². The third kappa shape index (κ3) is 2.36. The molecule has 0 fully saturated rings. The van der Waals surface area contributed by atoms with Gasteiger partial charge in [0.05, 0.1) is 11.9 Å². The van der Waals surface area contributed by atoms with Crippen LogP contribution in [0.4, 0.5) is 10.2 Å². The van der Waals surface area contributed by atoms with Crippen molar-refractivity contribution in [1.29, 1.82) is 0 Å². The summed E-state index contributed by atoms with van der Waals surface area (Å²) >= 11 is 0. The van der Waals surface area contributed by atoms with Crippen molar-refractivity contribution in [2.75, 3.05) is 0 Å². The summed E-state index contributed by atoms with van der Waals surface area (Å²) in [5.41, 5.74) is 2.84. The van der Waals surface area contributed by atoms with Crippen molar-refractivity contribution >= 4 is 23.1 Å². The van der Waals surface area contributed by atoms with E-state index < -0.39 is 0 Å². The molecule has 7 heteroatoms. The Morgan fingerprint density at radius 2 is 2.00 bits per heavy atom. The number of hydrogen-bond donors (Lipinski definition) is 0. The molecular weight excluding hydrogens is 331 g/mol. The molecule has 6 nitrogen and oxygen atoms in total. The average molecular weight is 344 g/mol. The Morgan fingerprint density at radius 3 is 2.92 bits per heavy atom. The van der Waals surface area contributed by atoms with Crippen molar-refractivity contribution < 1.29 is 4.39 Å². The normalized spacial score (nSPS) is 12.7. The number of halogens is 1. The van der Waals surface area contributed by atoms with Gasteiger partial charge >= 0.3 is 0 Å². The van der Waals surface area contributed by atoms with Crippen molar-refractivity contribution in [3.05, 3.63) is 65.7 Å². The molecule has 5 rings (SSSR count). The lowest BCUT2D eigenvalue weighted by atomic mass is 10.2. The minimum atomic E-state index is -0.267. The van der Waals surface area contributed by atoms with Crippen LogP contribution in [0.15, 0.2) is 53.8 Å². The number of fused-ring (bicyclic) bond motifs is 2. The molecule has 0 amide bonds. The Morgan fingerprint density at radius 1 is 1.08 bits per heavy atom. The number of hydrogen-bond acceptors (Lipinski definition) is 5. The minimum absolute atomic E-state index is 0.267. The third-order valence-corrected chi connectivity index (χ3v) is 4.36. The Bertz CT molecular complexity index is 1160. The summed E-state index contributed by atoms with van der Waals surface area (Å²) in [5.74, 6) is 0.903. The fraction of sp³-hybridized carbons (Fsp3) is 0.105. The summed E-state index contributed by atoms with van der Waals surface area (Å²) in [6, 6.07) is 10.4.